The Balaban J connectivity index is 1.51. The number of amides is 2. The van der Waals surface area contributed by atoms with Crippen LogP contribution in [0.5, 0.6) is 0 Å². The summed E-state index contributed by atoms with van der Waals surface area (Å²) in [5, 5.41) is 3.64. The van der Waals surface area contributed by atoms with Crippen LogP contribution in [0, 0.1) is 19.8 Å². The Morgan fingerprint density at radius 1 is 1.06 bits per heavy atom. The highest BCUT2D eigenvalue weighted by Gasteiger charge is 2.36. The van der Waals surface area contributed by atoms with E-state index in [9.17, 15) is 9.59 Å². The molecule has 2 aromatic carbocycles. The summed E-state index contributed by atoms with van der Waals surface area (Å²) < 4.78 is 0. The molecule has 4 rings (SSSR count). The molecule has 2 fully saturated rings. The number of likely N-dealkylation sites (N-methyl/N-ethyl adjacent to an activating group) is 1. The van der Waals surface area contributed by atoms with Gasteiger partial charge in [0.05, 0.1) is 17.3 Å². The molecule has 0 radical (unpaired) electrons. The molecule has 7 heteroatoms. The molecule has 164 valence electrons. The number of aryl methyl sites for hydroxylation is 1. The topological polar surface area (TPSA) is 55.9 Å². The molecule has 2 aromatic rings. The van der Waals surface area contributed by atoms with E-state index < -0.39 is 5.92 Å². The van der Waals surface area contributed by atoms with Gasteiger partial charge in [0.2, 0.25) is 11.8 Å². The molecule has 0 saturated carbocycles. The van der Waals surface area contributed by atoms with Crippen LogP contribution in [-0.2, 0) is 9.59 Å². The number of carbonyl (C=O) groups excluding carboxylic acids is 2. The number of rotatable bonds is 4. The Kier molecular flexibility index (Phi) is 6.21. The lowest BCUT2D eigenvalue weighted by Gasteiger charge is -2.35. The van der Waals surface area contributed by atoms with Gasteiger partial charge in [0, 0.05) is 49.9 Å². The molecule has 6 nitrogen and oxygen atoms in total. The van der Waals surface area contributed by atoms with E-state index in [1.807, 2.05) is 44.2 Å². The maximum Gasteiger partial charge on any atom is 0.229 e. The second kappa shape index (κ2) is 8.89. The predicted molar refractivity (Wildman–Crippen MR) is 126 cm³/mol. The van der Waals surface area contributed by atoms with E-state index in [0.29, 0.717) is 17.3 Å². The fourth-order valence-electron chi connectivity index (χ4n) is 4.31. The van der Waals surface area contributed by atoms with Crippen LogP contribution in [0.1, 0.15) is 17.5 Å². The lowest BCUT2D eigenvalue weighted by molar-refractivity contribution is -0.122. The Morgan fingerprint density at radius 2 is 1.81 bits per heavy atom. The minimum Gasteiger partial charge on any atom is -0.367 e. The van der Waals surface area contributed by atoms with Crippen molar-refractivity contribution < 1.29 is 9.59 Å². The molecule has 0 aromatic heterocycles. The molecule has 1 N–H and O–H groups in total. The summed E-state index contributed by atoms with van der Waals surface area (Å²) >= 11 is 6.24. The van der Waals surface area contributed by atoms with Gasteiger partial charge in [0.15, 0.2) is 0 Å². The maximum absolute atomic E-state index is 13.1. The zero-order chi connectivity index (χ0) is 22.1. The van der Waals surface area contributed by atoms with Crippen molar-refractivity contribution in [3.8, 4) is 0 Å². The van der Waals surface area contributed by atoms with E-state index in [1.54, 1.807) is 11.0 Å². The summed E-state index contributed by atoms with van der Waals surface area (Å²) in [5.41, 5.74) is 4.78. The lowest BCUT2D eigenvalue weighted by atomic mass is 10.1. The van der Waals surface area contributed by atoms with Crippen molar-refractivity contribution in [2.45, 2.75) is 20.3 Å². The fraction of sp³-hybridized carbons (Fsp3) is 0.417. The molecule has 2 heterocycles. The Labute approximate surface area is 188 Å². The van der Waals surface area contributed by atoms with Crippen LogP contribution < -0.4 is 15.1 Å². The third kappa shape index (κ3) is 4.55. The average Bonchev–Trinajstić information content (AvgIpc) is 3.13. The maximum atomic E-state index is 13.1. The highest BCUT2D eigenvalue weighted by Crippen LogP contribution is 2.33. The molecular weight excluding hydrogens is 412 g/mol. The van der Waals surface area contributed by atoms with E-state index in [1.165, 1.54) is 0 Å². The predicted octanol–water partition coefficient (Wildman–Crippen LogP) is 3.70. The van der Waals surface area contributed by atoms with E-state index in [-0.39, 0.29) is 18.2 Å². The van der Waals surface area contributed by atoms with Crippen LogP contribution in [0.2, 0.25) is 5.02 Å². The minimum absolute atomic E-state index is 0.0146. The van der Waals surface area contributed by atoms with E-state index >= 15 is 0 Å². The van der Waals surface area contributed by atoms with Crippen LogP contribution in [0.25, 0.3) is 0 Å². The van der Waals surface area contributed by atoms with Crippen LogP contribution in [0.15, 0.2) is 36.4 Å². The molecule has 0 bridgehead atoms. The highest BCUT2D eigenvalue weighted by atomic mass is 35.5. The van der Waals surface area contributed by atoms with Gasteiger partial charge in [0.25, 0.3) is 0 Å². The van der Waals surface area contributed by atoms with Crippen LogP contribution >= 0.6 is 11.6 Å². The molecule has 0 aliphatic carbocycles. The van der Waals surface area contributed by atoms with E-state index in [2.05, 4.69) is 22.2 Å². The van der Waals surface area contributed by atoms with Crippen molar-refractivity contribution in [3.05, 3.63) is 52.5 Å². The number of anilines is 3. The summed E-state index contributed by atoms with van der Waals surface area (Å²) in [6.45, 7) is 8.16. The number of nitrogens with zero attached hydrogens (tertiary/aromatic N) is 3. The number of hydrogen-bond donors (Lipinski definition) is 1. The second-order valence-corrected chi connectivity index (χ2v) is 9.00. The summed E-state index contributed by atoms with van der Waals surface area (Å²) in [6.07, 6.45) is 0.212. The van der Waals surface area contributed by atoms with Gasteiger partial charge in [-0.25, -0.2) is 0 Å². The lowest BCUT2D eigenvalue weighted by Crippen LogP contribution is -2.44. The summed E-state index contributed by atoms with van der Waals surface area (Å²) in [4.78, 5) is 32.1. The standard InChI is InChI=1S/C24H29ClN4O2/c1-16-5-4-6-21(17(16)2)29-15-18(13-23(29)30)24(31)26-20-14-19(25)7-8-22(20)28-11-9-27(3)10-12-28/h4-8,14,18H,9-13,15H2,1-3H3,(H,26,31). The van der Waals surface area contributed by atoms with Gasteiger partial charge in [-0.15, -0.1) is 0 Å². The molecule has 2 saturated heterocycles. The molecule has 2 aliphatic rings. The van der Waals surface area contributed by atoms with Gasteiger partial charge in [0.1, 0.15) is 0 Å². The summed E-state index contributed by atoms with van der Waals surface area (Å²) in [6, 6.07) is 11.5. The largest absolute Gasteiger partial charge is 0.367 e. The number of nitrogens with one attached hydrogen (secondary N) is 1. The Bertz CT molecular complexity index is 1000. The first-order valence-electron chi connectivity index (χ1n) is 10.7. The van der Waals surface area contributed by atoms with Gasteiger partial charge in [-0.05, 0) is 56.3 Å². The zero-order valence-corrected chi connectivity index (χ0v) is 19.1. The van der Waals surface area contributed by atoms with Crippen molar-refractivity contribution in [1.82, 2.24) is 4.90 Å². The fourth-order valence-corrected chi connectivity index (χ4v) is 4.48. The number of benzene rings is 2. The molecule has 2 amide bonds. The zero-order valence-electron chi connectivity index (χ0n) is 18.3. The third-order valence-electron chi connectivity index (χ3n) is 6.42. The SMILES string of the molecule is Cc1cccc(N2CC(C(=O)Nc3cc(Cl)ccc3N3CCN(C)CC3)CC2=O)c1C. The van der Waals surface area contributed by atoms with Gasteiger partial charge in [-0.3, -0.25) is 9.59 Å². The van der Waals surface area contributed by atoms with Gasteiger partial charge < -0.3 is 20.0 Å². The molecule has 1 unspecified atom stereocenters. The Morgan fingerprint density at radius 3 is 2.55 bits per heavy atom. The van der Waals surface area contributed by atoms with E-state index in [0.717, 1.165) is 48.7 Å². The van der Waals surface area contributed by atoms with E-state index in [4.69, 9.17) is 11.6 Å². The normalized spacial score (nSPS) is 19.7. The third-order valence-corrected chi connectivity index (χ3v) is 6.66. The summed E-state index contributed by atoms with van der Waals surface area (Å²) in [7, 11) is 2.11. The van der Waals surface area contributed by atoms with Crippen molar-refractivity contribution in [1.29, 1.82) is 0 Å². The number of piperazine rings is 1. The highest BCUT2D eigenvalue weighted by molar-refractivity contribution is 6.31. The van der Waals surface area contributed by atoms with Crippen molar-refractivity contribution in [3.63, 3.8) is 0 Å². The van der Waals surface area contributed by atoms with Crippen LogP contribution in [-0.4, -0.2) is 56.5 Å². The monoisotopic (exact) mass is 440 g/mol. The van der Waals surface area contributed by atoms with Gasteiger partial charge in [-0.2, -0.15) is 0 Å². The molecule has 2 aliphatic heterocycles. The first kappa shape index (κ1) is 21.7. The van der Waals surface area contributed by atoms with Crippen LogP contribution in [0.3, 0.4) is 0 Å². The van der Waals surface area contributed by atoms with Gasteiger partial charge in [-0.1, -0.05) is 23.7 Å². The second-order valence-electron chi connectivity index (χ2n) is 8.57. The number of carbonyl (C=O) groups is 2. The quantitative estimate of drug-likeness (QED) is 0.787. The smallest absolute Gasteiger partial charge is 0.229 e. The molecule has 1 atom stereocenters. The first-order valence-corrected chi connectivity index (χ1v) is 11.1. The molecular formula is C24H29ClN4O2. The minimum atomic E-state index is -0.397. The molecule has 0 spiro atoms. The Hall–Kier alpha value is -2.57. The van der Waals surface area contributed by atoms with Crippen molar-refractivity contribution in [2.75, 3.05) is 54.9 Å². The first-order chi connectivity index (χ1) is 14.8. The van der Waals surface area contributed by atoms with Gasteiger partial charge >= 0.3 is 0 Å². The average molecular weight is 441 g/mol. The van der Waals surface area contributed by atoms with Crippen molar-refractivity contribution >= 4 is 40.5 Å². The van der Waals surface area contributed by atoms with Crippen molar-refractivity contribution in [2.24, 2.45) is 5.92 Å². The summed E-state index contributed by atoms with van der Waals surface area (Å²) in [5.74, 6) is -0.551. The number of hydrogen-bond acceptors (Lipinski definition) is 4. The van der Waals surface area contributed by atoms with Crippen LogP contribution in [0.4, 0.5) is 17.1 Å². The molecule has 31 heavy (non-hydrogen) atoms. The number of halogens is 1.